The Morgan fingerprint density at radius 3 is 2.76 bits per heavy atom. The van der Waals surface area contributed by atoms with E-state index in [-0.39, 0.29) is 5.91 Å². The van der Waals surface area contributed by atoms with Crippen LogP contribution in [-0.4, -0.2) is 27.2 Å². The molecule has 1 aromatic carbocycles. The molecule has 0 radical (unpaired) electrons. The number of nitrogens with one attached hydrogen (secondary N) is 1. The van der Waals surface area contributed by atoms with E-state index in [9.17, 15) is 4.79 Å². The van der Waals surface area contributed by atoms with Crippen molar-refractivity contribution >= 4 is 5.91 Å². The minimum atomic E-state index is -0.0837. The molecule has 0 saturated carbocycles. The van der Waals surface area contributed by atoms with Gasteiger partial charge in [-0.05, 0) is 49.8 Å². The van der Waals surface area contributed by atoms with Gasteiger partial charge in [-0.1, -0.05) is 42.0 Å². The Morgan fingerprint density at radius 1 is 1.10 bits per heavy atom. The number of carbonyl (C=O) groups is 1. The van der Waals surface area contributed by atoms with Crippen molar-refractivity contribution < 1.29 is 4.79 Å². The van der Waals surface area contributed by atoms with Crippen LogP contribution in [0.3, 0.4) is 0 Å². The van der Waals surface area contributed by atoms with Crippen LogP contribution in [0.25, 0.3) is 11.3 Å². The third kappa shape index (κ3) is 4.99. The van der Waals surface area contributed by atoms with E-state index in [1.165, 1.54) is 24.8 Å². The molecule has 2 aromatic heterocycles. The number of pyridine rings is 1. The first-order chi connectivity index (χ1) is 14.3. The van der Waals surface area contributed by atoms with E-state index >= 15 is 0 Å². The van der Waals surface area contributed by atoms with Gasteiger partial charge in [0.2, 0.25) is 0 Å². The lowest BCUT2D eigenvalue weighted by atomic mass is 9.97. The summed E-state index contributed by atoms with van der Waals surface area (Å²) in [5.41, 5.74) is 4.71. The fourth-order valence-corrected chi connectivity index (χ4v) is 3.72. The molecular formula is C24H26N4O. The van der Waals surface area contributed by atoms with Gasteiger partial charge < -0.3 is 5.32 Å². The molecule has 3 aromatic rings. The van der Waals surface area contributed by atoms with Gasteiger partial charge in [-0.2, -0.15) is 5.10 Å². The lowest BCUT2D eigenvalue weighted by Gasteiger charge is -2.12. The Kier molecular flexibility index (Phi) is 6.15. The number of nitrogens with zero attached hydrogens (tertiary/aromatic N) is 3. The number of hydrogen-bond donors (Lipinski definition) is 1. The second-order valence-electron chi connectivity index (χ2n) is 7.43. The molecule has 1 N–H and O–H groups in total. The largest absolute Gasteiger partial charge is 0.352 e. The average molecular weight is 386 g/mol. The monoisotopic (exact) mass is 386 g/mol. The minimum absolute atomic E-state index is 0.0837. The molecule has 5 heteroatoms. The van der Waals surface area contributed by atoms with Crippen LogP contribution >= 0.6 is 0 Å². The zero-order valence-corrected chi connectivity index (χ0v) is 16.6. The topological polar surface area (TPSA) is 59.8 Å². The Labute approximate surface area is 171 Å². The van der Waals surface area contributed by atoms with Gasteiger partial charge in [-0.3, -0.25) is 14.5 Å². The lowest BCUT2D eigenvalue weighted by Crippen LogP contribution is -2.25. The van der Waals surface area contributed by atoms with Crippen LogP contribution in [0.15, 0.2) is 72.7 Å². The van der Waals surface area contributed by atoms with Crippen molar-refractivity contribution in [1.29, 1.82) is 0 Å². The smallest absolute Gasteiger partial charge is 0.255 e. The highest BCUT2D eigenvalue weighted by Gasteiger charge is 2.18. The maximum Gasteiger partial charge on any atom is 0.255 e. The molecule has 0 aliphatic heterocycles. The summed E-state index contributed by atoms with van der Waals surface area (Å²) in [5.74, 6) is -0.0837. The Hall–Kier alpha value is -3.21. The number of rotatable bonds is 7. The highest BCUT2D eigenvalue weighted by atomic mass is 16.1. The predicted molar refractivity (Wildman–Crippen MR) is 115 cm³/mol. The second kappa shape index (κ2) is 9.32. The van der Waals surface area contributed by atoms with E-state index in [2.05, 4.69) is 28.5 Å². The summed E-state index contributed by atoms with van der Waals surface area (Å²) < 4.78 is 1.83. The summed E-state index contributed by atoms with van der Waals surface area (Å²) in [6, 6.07) is 13.9. The second-order valence-corrected chi connectivity index (χ2v) is 7.43. The van der Waals surface area contributed by atoms with E-state index < -0.39 is 0 Å². The van der Waals surface area contributed by atoms with Crippen molar-refractivity contribution in [3.63, 3.8) is 0 Å². The van der Waals surface area contributed by atoms with Crippen molar-refractivity contribution in [2.75, 3.05) is 6.54 Å². The molecule has 0 saturated heterocycles. The summed E-state index contributed by atoms with van der Waals surface area (Å²) >= 11 is 0. The molecule has 148 valence electrons. The Morgan fingerprint density at radius 2 is 2.00 bits per heavy atom. The van der Waals surface area contributed by atoms with Crippen LogP contribution in [0.2, 0.25) is 0 Å². The number of amides is 1. The summed E-state index contributed by atoms with van der Waals surface area (Å²) in [6.07, 6.45) is 13.4. The first kappa shape index (κ1) is 19.1. The van der Waals surface area contributed by atoms with E-state index in [1.807, 2.05) is 41.2 Å². The van der Waals surface area contributed by atoms with Crippen LogP contribution in [0.5, 0.6) is 0 Å². The number of benzene rings is 1. The maximum absolute atomic E-state index is 12.9. The van der Waals surface area contributed by atoms with Crippen molar-refractivity contribution in [2.45, 2.75) is 38.6 Å². The molecule has 0 atom stereocenters. The Bertz CT molecular complexity index is 977. The van der Waals surface area contributed by atoms with Crippen LogP contribution in [0.1, 0.15) is 48.0 Å². The van der Waals surface area contributed by atoms with E-state index in [0.29, 0.717) is 24.3 Å². The van der Waals surface area contributed by atoms with Gasteiger partial charge >= 0.3 is 0 Å². The highest BCUT2D eigenvalue weighted by molar-refractivity contribution is 5.99. The van der Waals surface area contributed by atoms with Gasteiger partial charge in [0, 0.05) is 30.7 Å². The third-order valence-corrected chi connectivity index (χ3v) is 5.25. The number of hydrogen-bond acceptors (Lipinski definition) is 3. The summed E-state index contributed by atoms with van der Waals surface area (Å²) in [7, 11) is 0. The minimum Gasteiger partial charge on any atom is -0.352 e. The predicted octanol–water partition coefficient (Wildman–Crippen LogP) is 4.61. The Balaban J connectivity index is 1.52. The zero-order chi connectivity index (χ0) is 19.9. The molecule has 0 spiro atoms. The fraction of sp³-hybridized carbons (Fsp3) is 0.292. The maximum atomic E-state index is 12.9. The van der Waals surface area contributed by atoms with Gasteiger partial charge in [-0.25, -0.2) is 0 Å². The van der Waals surface area contributed by atoms with Crippen molar-refractivity contribution in [3.05, 3.63) is 83.8 Å². The molecule has 0 bridgehead atoms. The fourth-order valence-electron chi connectivity index (χ4n) is 3.72. The van der Waals surface area contributed by atoms with Gasteiger partial charge in [0.25, 0.3) is 5.91 Å². The first-order valence-corrected chi connectivity index (χ1v) is 10.3. The number of aromatic nitrogens is 3. The standard InChI is InChI=1S/C24H26N4O/c29-24(26-15-13-19-8-3-1-4-9-19)22-18-28(17-20-10-5-2-6-11-20)27-23(22)21-12-7-14-25-16-21/h2,5-8,10-12,14,16,18H,1,3-4,9,13,15,17H2,(H,26,29). The van der Waals surface area contributed by atoms with Gasteiger partial charge in [-0.15, -0.1) is 0 Å². The van der Waals surface area contributed by atoms with E-state index in [1.54, 1.807) is 12.4 Å². The normalized spacial score (nSPS) is 13.7. The number of allylic oxidation sites excluding steroid dienone is 1. The molecule has 1 aliphatic carbocycles. The van der Waals surface area contributed by atoms with Crippen molar-refractivity contribution in [3.8, 4) is 11.3 Å². The van der Waals surface area contributed by atoms with Crippen LogP contribution in [0.4, 0.5) is 0 Å². The molecule has 5 nitrogen and oxygen atoms in total. The van der Waals surface area contributed by atoms with Gasteiger partial charge in [0.05, 0.1) is 12.1 Å². The van der Waals surface area contributed by atoms with Crippen LogP contribution < -0.4 is 5.32 Å². The average Bonchev–Trinajstić information content (AvgIpc) is 3.20. The lowest BCUT2D eigenvalue weighted by molar-refractivity contribution is 0.0954. The summed E-state index contributed by atoms with van der Waals surface area (Å²) in [6.45, 7) is 1.27. The van der Waals surface area contributed by atoms with Crippen LogP contribution in [0, 0.1) is 0 Å². The summed E-state index contributed by atoms with van der Waals surface area (Å²) in [5, 5.41) is 7.78. The molecule has 4 rings (SSSR count). The molecule has 0 unspecified atom stereocenters. The first-order valence-electron chi connectivity index (χ1n) is 10.3. The molecule has 1 aliphatic rings. The molecule has 1 amide bonds. The quantitative estimate of drug-likeness (QED) is 0.603. The molecule has 0 fully saturated rings. The summed E-state index contributed by atoms with van der Waals surface area (Å²) in [4.78, 5) is 17.1. The number of carbonyl (C=O) groups excluding carboxylic acids is 1. The van der Waals surface area contributed by atoms with E-state index in [0.717, 1.165) is 24.0 Å². The van der Waals surface area contributed by atoms with Crippen molar-refractivity contribution in [1.82, 2.24) is 20.1 Å². The van der Waals surface area contributed by atoms with Gasteiger partial charge in [0.1, 0.15) is 5.69 Å². The van der Waals surface area contributed by atoms with Crippen LogP contribution in [-0.2, 0) is 6.54 Å². The van der Waals surface area contributed by atoms with Crippen molar-refractivity contribution in [2.24, 2.45) is 0 Å². The highest BCUT2D eigenvalue weighted by Crippen LogP contribution is 2.22. The SMILES string of the molecule is O=C(NCCC1=CCCCC1)c1cn(Cc2ccccc2)nc1-c1cccnc1. The van der Waals surface area contributed by atoms with E-state index in [4.69, 9.17) is 5.10 Å². The molecule has 2 heterocycles. The van der Waals surface area contributed by atoms with Gasteiger partial charge in [0.15, 0.2) is 0 Å². The molecule has 29 heavy (non-hydrogen) atoms. The molecular weight excluding hydrogens is 360 g/mol. The third-order valence-electron chi connectivity index (χ3n) is 5.25. The zero-order valence-electron chi connectivity index (χ0n) is 16.6.